The van der Waals surface area contributed by atoms with Gasteiger partial charge in [0, 0.05) is 38.2 Å². The van der Waals surface area contributed by atoms with Gasteiger partial charge in [0.25, 0.3) is 0 Å². The van der Waals surface area contributed by atoms with Crippen molar-refractivity contribution in [2.45, 2.75) is 0 Å². The summed E-state index contributed by atoms with van der Waals surface area (Å²) in [6.45, 7) is 0. The van der Waals surface area contributed by atoms with Crippen LogP contribution in [0.2, 0.25) is 0 Å². The van der Waals surface area contributed by atoms with Crippen molar-refractivity contribution in [1.29, 1.82) is 0 Å². The van der Waals surface area contributed by atoms with Crippen LogP contribution in [0.1, 0.15) is 0 Å². The maximum Gasteiger partial charge on any atom is 0.164 e. The highest BCUT2D eigenvalue weighted by molar-refractivity contribution is 6.17. The molecule has 0 aliphatic carbocycles. The predicted octanol–water partition coefficient (Wildman–Crippen LogP) is 11.5. The maximum absolute atomic E-state index is 6.44. The highest BCUT2D eigenvalue weighted by Crippen LogP contribution is 2.42. The molecule has 48 heavy (non-hydrogen) atoms. The fraction of sp³-hybridized carbons (Fsp3) is 0. The van der Waals surface area contributed by atoms with Crippen molar-refractivity contribution in [2.24, 2.45) is 0 Å². The van der Waals surface area contributed by atoms with Crippen molar-refractivity contribution < 1.29 is 8.83 Å². The molecule has 0 radical (unpaired) electrons. The number of benzene rings is 7. The van der Waals surface area contributed by atoms with Crippen LogP contribution in [0.5, 0.6) is 0 Å². The summed E-state index contributed by atoms with van der Waals surface area (Å²) in [6, 6.07) is 51.6. The second kappa shape index (κ2) is 10.5. The Bertz CT molecular complexity index is 2780. The molecular weight excluding hydrogens is 590 g/mol. The molecule has 0 N–H and O–H groups in total. The van der Waals surface area contributed by atoms with Gasteiger partial charge in [0.15, 0.2) is 17.5 Å². The zero-order valence-corrected chi connectivity index (χ0v) is 25.6. The average Bonchev–Trinajstić information content (AvgIpc) is 3.72. The summed E-state index contributed by atoms with van der Waals surface area (Å²) in [6.07, 6.45) is 0. The van der Waals surface area contributed by atoms with Gasteiger partial charge in [-0.1, -0.05) is 115 Å². The number of fused-ring (bicyclic) bond motifs is 7. The van der Waals surface area contributed by atoms with Crippen LogP contribution in [-0.2, 0) is 0 Å². The summed E-state index contributed by atoms with van der Waals surface area (Å²) in [5.41, 5.74) is 8.25. The molecular formula is C43H25N3O2. The minimum atomic E-state index is 0.594. The van der Waals surface area contributed by atoms with Crippen molar-refractivity contribution in [1.82, 2.24) is 15.0 Å². The zero-order valence-electron chi connectivity index (χ0n) is 25.6. The molecule has 0 saturated heterocycles. The molecule has 5 heteroatoms. The van der Waals surface area contributed by atoms with Crippen LogP contribution in [0.25, 0.3) is 99.9 Å². The van der Waals surface area contributed by atoms with Crippen LogP contribution in [0, 0.1) is 0 Å². The molecule has 3 heterocycles. The molecule has 224 valence electrons. The van der Waals surface area contributed by atoms with E-state index in [-0.39, 0.29) is 0 Å². The third-order valence-electron chi connectivity index (χ3n) is 9.11. The van der Waals surface area contributed by atoms with Crippen molar-refractivity contribution in [2.75, 3.05) is 0 Å². The largest absolute Gasteiger partial charge is 0.456 e. The minimum Gasteiger partial charge on any atom is -0.456 e. The van der Waals surface area contributed by atoms with Crippen LogP contribution >= 0.6 is 0 Å². The molecule has 0 saturated carbocycles. The highest BCUT2D eigenvalue weighted by atomic mass is 16.3. The first kappa shape index (κ1) is 26.6. The second-order valence-corrected chi connectivity index (χ2v) is 12.0. The monoisotopic (exact) mass is 615 g/mol. The molecule has 0 fully saturated rings. The summed E-state index contributed by atoms with van der Waals surface area (Å²) in [5, 5.41) is 6.51. The second-order valence-electron chi connectivity index (χ2n) is 12.0. The Balaban J connectivity index is 1.20. The van der Waals surface area contributed by atoms with E-state index in [4.69, 9.17) is 23.8 Å². The normalized spacial score (nSPS) is 11.8. The molecule has 7 aromatic carbocycles. The number of rotatable bonds is 4. The van der Waals surface area contributed by atoms with E-state index < -0.39 is 0 Å². The van der Waals surface area contributed by atoms with Gasteiger partial charge in [-0.15, -0.1) is 0 Å². The molecule has 10 aromatic rings. The Morgan fingerprint density at radius 3 is 1.56 bits per heavy atom. The Labute approximate surface area is 274 Å². The maximum atomic E-state index is 6.44. The first-order chi connectivity index (χ1) is 23.8. The van der Waals surface area contributed by atoms with Crippen LogP contribution < -0.4 is 0 Å². The third-order valence-corrected chi connectivity index (χ3v) is 9.11. The lowest BCUT2D eigenvalue weighted by molar-refractivity contribution is 0.669. The van der Waals surface area contributed by atoms with Gasteiger partial charge in [-0.05, 0) is 58.3 Å². The molecule has 10 rings (SSSR count). The topological polar surface area (TPSA) is 65.0 Å². The molecule has 0 bridgehead atoms. The van der Waals surface area contributed by atoms with E-state index in [2.05, 4.69) is 72.8 Å². The average molecular weight is 616 g/mol. The molecule has 0 aliphatic rings. The van der Waals surface area contributed by atoms with Gasteiger partial charge >= 0.3 is 0 Å². The van der Waals surface area contributed by atoms with Crippen LogP contribution in [-0.4, -0.2) is 15.0 Å². The van der Waals surface area contributed by atoms with Crippen LogP contribution in [0.15, 0.2) is 160 Å². The van der Waals surface area contributed by atoms with E-state index in [1.54, 1.807) is 0 Å². The van der Waals surface area contributed by atoms with Gasteiger partial charge in [-0.3, -0.25) is 0 Å². The first-order valence-corrected chi connectivity index (χ1v) is 15.9. The Hall–Kier alpha value is -6.59. The summed E-state index contributed by atoms with van der Waals surface area (Å²) in [5.74, 6) is 1.84. The minimum absolute atomic E-state index is 0.594. The van der Waals surface area contributed by atoms with Gasteiger partial charge in [0.05, 0.1) is 0 Å². The van der Waals surface area contributed by atoms with Crippen molar-refractivity contribution >= 4 is 54.6 Å². The van der Waals surface area contributed by atoms with Crippen LogP contribution in [0.3, 0.4) is 0 Å². The van der Waals surface area contributed by atoms with Crippen LogP contribution in [0.4, 0.5) is 0 Å². The van der Waals surface area contributed by atoms with Crippen molar-refractivity contribution in [3.8, 4) is 45.3 Å². The molecule has 0 spiro atoms. The smallest absolute Gasteiger partial charge is 0.164 e. The number of hydrogen-bond donors (Lipinski definition) is 0. The fourth-order valence-electron chi connectivity index (χ4n) is 6.86. The Morgan fingerprint density at radius 1 is 0.333 bits per heavy atom. The zero-order chi connectivity index (χ0) is 31.6. The van der Waals surface area contributed by atoms with Crippen molar-refractivity contribution in [3.63, 3.8) is 0 Å². The van der Waals surface area contributed by atoms with Gasteiger partial charge in [0.1, 0.15) is 22.3 Å². The summed E-state index contributed by atoms with van der Waals surface area (Å²) in [4.78, 5) is 15.0. The molecule has 0 unspecified atom stereocenters. The highest BCUT2D eigenvalue weighted by Gasteiger charge is 2.19. The Kier molecular flexibility index (Phi) is 5.81. The van der Waals surface area contributed by atoms with E-state index in [0.717, 1.165) is 77.1 Å². The predicted molar refractivity (Wildman–Crippen MR) is 194 cm³/mol. The van der Waals surface area contributed by atoms with Crippen molar-refractivity contribution in [3.05, 3.63) is 152 Å². The summed E-state index contributed by atoms with van der Waals surface area (Å²) >= 11 is 0. The lowest BCUT2D eigenvalue weighted by Crippen LogP contribution is -2.00. The molecule has 0 atom stereocenters. The van der Waals surface area contributed by atoms with Gasteiger partial charge in [0.2, 0.25) is 0 Å². The van der Waals surface area contributed by atoms with E-state index in [1.807, 2.05) is 78.9 Å². The standard InChI is InChI=1S/C43H25N3O2/c1-3-11-26(12-4-1)41-44-42(27-13-5-2-6-14-27)46-43(45-41)32-18-10-20-37-40(32)33-24-30(21-22-35(33)47-37)31-17-9-19-36-39(31)34-23-28-15-7-8-16-29(28)25-38(34)48-36/h1-25H. The van der Waals surface area contributed by atoms with E-state index in [1.165, 1.54) is 5.39 Å². The molecule has 5 nitrogen and oxygen atoms in total. The SMILES string of the molecule is c1ccc(-c2nc(-c3ccccc3)nc(-c3cccc4oc5ccc(-c6cccc7oc8cc9ccccc9cc8c67)cc5c34)n2)cc1. The fourth-order valence-corrected chi connectivity index (χ4v) is 6.86. The number of hydrogen-bond acceptors (Lipinski definition) is 5. The molecule has 0 amide bonds. The van der Waals surface area contributed by atoms with Gasteiger partial charge in [-0.25, -0.2) is 15.0 Å². The lowest BCUT2D eigenvalue weighted by Gasteiger charge is -2.09. The summed E-state index contributed by atoms with van der Waals surface area (Å²) < 4.78 is 12.8. The number of aromatic nitrogens is 3. The third kappa shape index (κ3) is 4.22. The molecule has 3 aromatic heterocycles. The summed E-state index contributed by atoms with van der Waals surface area (Å²) in [7, 11) is 0. The van der Waals surface area contributed by atoms with Gasteiger partial charge in [-0.2, -0.15) is 0 Å². The lowest BCUT2D eigenvalue weighted by atomic mass is 9.96. The first-order valence-electron chi connectivity index (χ1n) is 15.9. The van der Waals surface area contributed by atoms with E-state index in [9.17, 15) is 0 Å². The number of furan rings is 2. The van der Waals surface area contributed by atoms with E-state index in [0.29, 0.717) is 17.5 Å². The quantitative estimate of drug-likeness (QED) is 0.197. The Morgan fingerprint density at radius 2 is 0.875 bits per heavy atom. The van der Waals surface area contributed by atoms with Gasteiger partial charge < -0.3 is 8.83 Å². The number of nitrogens with zero attached hydrogens (tertiary/aromatic N) is 3. The molecule has 0 aliphatic heterocycles. The van der Waals surface area contributed by atoms with E-state index >= 15 is 0 Å².